The monoisotopic (exact) mass is 321 g/mol. The van der Waals surface area contributed by atoms with Crippen LogP contribution >= 0.6 is 0 Å². The van der Waals surface area contributed by atoms with Crippen molar-refractivity contribution < 1.29 is 44.6 Å². The van der Waals surface area contributed by atoms with E-state index in [1.54, 1.807) is 0 Å². The van der Waals surface area contributed by atoms with Crippen molar-refractivity contribution in [2.45, 2.75) is 42.7 Å². The Bertz CT molecular complexity index is 442. The maximum atomic E-state index is 11.7. The van der Waals surface area contributed by atoms with E-state index >= 15 is 0 Å². The number of rotatable bonds is 5. The number of aliphatic hydroxyl groups excluding tert-OH is 4. The van der Waals surface area contributed by atoms with E-state index in [1.165, 1.54) is 0 Å². The summed E-state index contributed by atoms with van der Waals surface area (Å²) in [5, 5.41) is 47.9. The smallest absolute Gasteiger partial charge is 0.374 e. The molecule has 1 rings (SSSR count). The molecule has 0 aromatic heterocycles. The zero-order valence-electron chi connectivity index (χ0n) is 11.5. The summed E-state index contributed by atoms with van der Waals surface area (Å²) in [6.45, 7) is 2.22. The highest BCUT2D eigenvalue weighted by atomic mass is 16.7. The van der Waals surface area contributed by atoms with Crippen molar-refractivity contribution in [3.63, 3.8) is 0 Å². The van der Waals surface area contributed by atoms with E-state index in [2.05, 4.69) is 11.3 Å². The second-order valence-corrected chi connectivity index (χ2v) is 4.87. The van der Waals surface area contributed by atoms with Crippen LogP contribution in [0.25, 0.3) is 0 Å². The second kappa shape index (κ2) is 7.24. The Labute approximate surface area is 125 Å². The third kappa shape index (κ3) is 3.87. The molecule has 0 saturated carbocycles. The predicted molar refractivity (Wildman–Crippen MR) is 68.8 cm³/mol. The number of carbonyl (C=O) groups is 2. The quantitative estimate of drug-likeness (QED) is 0.166. The van der Waals surface area contributed by atoms with Gasteiger partial charge in [0.25, 0.3) is 5.79 Å². The number of carbonyl (C=O) groups excluding carboxylic acids is 2. The van der Waals surface area contributed by atoms with Gasteiger partial charge >= 0.3 is 11.9 Å². The highest BCUT2D eigenvalue weighted by Gasteiger charge is 2.53. The van der Waals surface area contributed by atoms with E-state index in [1.807, 2.05) is 0 Å². The molecular formula is C12H19NO9. The fourth-order valence-electron chi connectivity index (χ4n) is 1.96. The van der Waals surface area contributed by atoms with Gasteiger partial charge in [-0.15, -0.1) is 0 Å². The number of ether oxygens (including phenoxy) is 2. The van der Waals surface area contributed by atoms with Gasteiger partial charge in [-0.05, 0) is 0 Å². The van der Waals surface area contributed by atoms with Crippen molar-refractivity contribution in [3.8, 4) is 0 Å². The lowest BCUT2D eigenvalue weighted by molar-refractivity contribution is -0.293. The molecule has 1 fully saturated rings. The van der Waals surface area contributed by atoms with E-state index in [0.29, 0.717) is 6.08 Å². The number of esters is 2. The van der Waals surface area contributed by atoms with Crippen LogP contribution in [0, 0.1) is 0 Å². The summed E-state index contributed by atoms with van der Waals surface area (Å²) < 4.78 is 9.16. The first-order chi connectivity index (χ1) is 10.2. The van der Waals surface area contributed by atoms with Gasteiger partial charge in [0.1, 0.15) is 18.3 Å². The van der Waals surface area contributed by atoms with E-state index in [0.717, 1.165) is 0 Å². The van der Waals surface area contributed by atoms with Gasteiger partial charge in [0.05, 0.1) is 18.8 Å². The Morgan fingerprint density at radius 1 is 1.50 bits per heavy atom. The molecule has 0 aromatic rings. The van der Waals surface area contributed by atoms with Gasteiger partial charge in [0, 0.05) is 12.5 Å². The van der Waals surface area contributed by atoms with Gasteiger partial charge in [-0.2, -0.15) is 0 Å². The van der Waals surface area contributed by atoms with Crippen LogP contribution in [0.4, 0.5) is 0 Å². The summed E-state index contributed by atoms with van der Waals surface area (Å²) in [5.41, 5.74) is 5.59. The van der Waals surface area contributed by atoms with Gasteiger partial charge < -0.3 is 40.7 Å². The molecule has 1 saturated heterocycles. The third-order valence-electron chi connectivity index (χ3n) is 3.24. The highest BCUT2D eigenvalue weighted by molar-refractivity contribution is 5.94. The molecule has 6 atom stereocenters. The molecule has 126 valence electrons. The maximum absolute atomic E-state index is 11.7. The van der Waals surface area contributed by atoms with Gasteiger partial charge in [0.2, 0.25) is 0 Å². The number of hydrogen-bond acceptors (Lipinski definition) is 10. The fraction of sp³-hybridized carbons (Fsp3) is 0.667. The summed E-state index contributed by atoms with van der Waals surface area (Å²) in [6, 6.07) is -1.26. The zero-order chi connectivity index (χ0) is 17.1. The standard InChI is InChI=1S/C12H19NO9/c1-2-7(17)21-11(19)12(20)3-5(15)8(13)10(22-12)9(18)6(16)4-14/h2,5-6,8-10,14-16,18,20H,1,3-4,13H2/t5-,6+,8+,9+,10+,12-/m0/s1. The van der Waals surface area contributed by atoms with Gasteiger partial charge in [-0.25, -0.2) is 9.59 Å². The Morgan fingerprint density at radius 3 is 2.59 bits per heavy atom. The van der Waals surface area contributed by atoms with Crippen molar-refractivity contribution in [3.05, 3.63) is 12.7 Å². The summed E-state index contributed by atoms with van der Waals surface area (Å²) in [5.74, 6) is -5.44. The molecule has 0 aromatic carbocycles. The maximum Gasteiger partial charge on any atom is 0.374 e. The molecule has 22 heavy (non-hydrogen) atoms. The average molecular weight is 321 g/mol. The Kier molecular flexibility index (Phi) is 6.14. The first-order valence-corrected chi connectivity index (χ1v) is 6.35. The van der Waals surface area contributed by atoms with Gasteiger partial charge in [0.15, 0.2) is 0 Å². The van der Waals surface area contributed by atoms with Crippen molar-refractivity contribution in [1.82, 2.24) is 0 Å². The van der Waals surface area contributed by atoms with Crippen LogP contribution in [0.1, 0.15) is 6.42 Å². The molecule has 1 aliphatic heterocycles. The summed E-state index contributed by atoms with van der Waals surface area (Å²) in [6.07, 6.45) is -6.62. The molecule has 7 N–H and O–H groups in total. The zero-order valence-corrected chi connectivity index (χ0v) is 11.5. The molecule has 1 aliphatic rings. The van der Waals surface area contributed by atoms with E-state index in [4.69, 9.17) is 15.6 Å². The largest absolute Gasteiger partial charge is 0.394 e. The van der Waals surface area contributed by atoms with Crippen LogP contribution in [0.15, 0.2) is 12.7 Å². The molecule has 0 spiro atoms. The van der Waals surface area contributed by atoms with Crippen molar-refractivity contribution in [2.75, 3.05) is 6.61 Å². The highest BCUT2D eigenvalue weighted by Crippen LogP contribution is 2.30. The summed E-state index contributed by atoms with van der Waals surface area (Å²) in [4.78, 5) is 22.7. The first-order valence-electron chi connectivity index (χ1n) is 6.35. The molecule has 0 amide bonds. The summed E-state index contributed by atoms with van der Waals surface area (Å²) in [7, 11) is 0. The third-order valence-corrected chi connectivity index (χ3v) is 3.24. The van der Waals surface area contributed by atoms with E-state index in [9.17, 15) is 30.0 Å². The molecule has 0 bridgehead atoms. The topological polar surface area (TPSA) is 180 Å². The lowest BCUT2D eigenvalue weighted by Gasteiger charge is -2.43. The molecule has 0 aliphatic carbocycles. The SMILES string of the molecule is C=CC(=O)OC(=O)[C@]1(O)C[C@H](O)[C@@H](N)[C@H]([C@H](O)[C@H](O)CO)O1. The molecule has 0 unspecified atom stereocenters. The molecule has 10 heteroatoms. The molecule has 0 radical (unpaired) electrons. The molecule has 10 nitrogen and oxygen atoms in total. The first kappa shape index (κ1) is 18.6. The fourth-order valence-corrected chi connectivity index (χ4v) is 1.96. The summed E-state index contributed by atoms with van der Waals surface area (Å²) >= 11 is 0. The van der Waals surface area contributed by atoms with Crippen LogP contribution in [-0.4, -0.2) is 80.3 Å². The Hall–Kier alpha value is -1.40. The van der Waals surface area contributed by atoms with Crippen LogP contribution in [-0.2, 0) is 19.1 Å². The Balaban J connectivity index is 2.96. The molecule has 1 heterocycles. The van der Waals surface area contributed by atoms with Crippen molar-refractivity contribution in [1.29, 1.82) is 0 Å². The average Bonchev–Trinajstić information content (AvgIpc) is 2.49. The van der Waals surface area contributed by atoms with Crippen LogP contribution in [0.3, 0.4) is 0 Å². The lowest BCUT2D eigenvalue weighted by Crippen LogP contribution is -2.66. The number of hydrogen-bond donors (Lipinski definition) is 6. The minimum atomic E-state index is -2.76. The second-order valence-electron chi connectivity index (χ2n) is 4.87. The number of aliphatic hydroxyl groups is 5. The van der Waals surface area contributed by atoms with Gasteiger partial charge in [-0.3, -0.25) is 0 Å². The van der Waals surface area contributed by atoms with Crippen molar-refractivity contribution in [2.24, 2.45) is 5.73 Å². The Morgan fingerprint density at radius 2 is 2.09 bits per heavy atom. The normalized spacial score (nSPS) is 34.5. The van der Waals surface area contributed by atoms with E-state index in [-0.39, 0.29) is 0 Å². The van der Waals surface area contributed by atoms with Crippen molar-refractivity contribution >= 4 is 11.9 Å². The lowest BCUT2D eigenvalue weighted by atomic mass is 9.89. The van der Waals surface area contributed by atoms with Crippen LogP contribution in [0.5, 0.6) is 0 Å². The predicted octanol–water partition coefficient (Wildman–Crippen LogP) is -3.88. The number of nitrogens with two attached hydrogens (primary N) is 1. The minimum absolute atomic E-state index is 0.675. The van der Waals surface area contributed by atoms with Crippen LogP contribution in [0.2, 0.25) is 0 Å². The van der Waals surface area contributed by atoms with Crippen LogP contribution < -0.4 is 5.73 Å². The molecular weight excluding hydrogens is 302 g/mol. The minimum Gasteiger partial charge on any atom is -0.394 e. The van der Waals surface area contributed by atoms with E-state index < -0.39 is 61.2 Å². The van der Waals surface area contributed by atoms with Gasteiger partial charge in [-0.1, -0.05) is 6.58 Å².